The maximum Gasteiger partial charge on any atom is 0.323 e. The number of carboxylic acid groups (broad SMARTS) is 1. The number of carboxylic acids is 1. The Morgan fingerprint density at radius 2 is 1.95 bits per heavy atom. The Morgan fingerprint density at radius 3 is 2.65 bits per heavy atom. The molecule has 106 valence electrons. The molecule has 1 unspecified atom stereocenters. The average Bonchev–Trinajstić information content (AvgIpc) is 3.28. The van der Waals surface area contributed by atoms with E-state index in [1.165, 1.54) is 5.56 Å². The van der Waals surface area contributed by atoms with Crippen molar-refractivity contribution in [2.24, 2.45) is 0 Å². The molecule has 1 aromatic carbocycles. The molecule has 0 spiro atoms. The third-order valence-electron chi connectivity index (χ3n) is 4.24. The predicted molar refractivity (Wildman–Crippen MR) is 74.5 cm³/mol. The molecule has 20 heavy (non-hydrogen) atoms. The third-order valence-corrected chi connectivity index (χ3v) is 4.24. The SMILES string of the molecule is O=C(O)CN(C(=O)C1CCCc2ccccc21)C1CC1. The fraction of sp³-hybridized carbons (Fsp3) is 0.500. The number of amides is 1. The van der Waals surface area contributed by atoms with Crippen LogP contribution in [0.1, 0.15) is 42.7 Å². The zero-order valence-electron chi connectivity index (χ0n) is 11.4. The van der Waals surface area contributed by atoms with Crippen LogP contribution in [0.2, 0.25) is 0 Å². The number of carbonyl (C=O) groups excluding carboxylic acids is 1. The van der Waals surface area contributed by atoms with Gasteiger partial charge < -0.3 is 10.0 Å². The molecule has 2 aliphatic carbocycles. The van der Waals surface area contributed by atoms with Gasteiger partial charge in [0.1, 0.15) is 6.54 Å². The first kappa shape index (κ1) is 13.2. The van der Waals surface area contributed by atoms with Gasteiger partial charge in [-0.25, -0.2) is 0 Å². The van der Waals surface area contributed by atoms with Crippen LogP contribution in [0, 0.1) is 0 Å². The topological polar surface area (TPSA) is 57.6 Å². The summed E-state index contributed by atoms with van der Waals surface area (Å²) in [5.74, 6) is -1.07. The van der Waals surface area contributed by atoms with Crippen molar-refractivity contribution < 1.29 is 14.7 Å². The van der Waals surface area contributed by atoms with Crippen molar-refractivity contribution in [2.75, 3.05) is 6.54 Å². The highest BCUT2D eigenvalue weighted by Gasteiger charge is 2.38. The molecular formula is C16H19NO3. The Hall–Kier alpha value is -1.84. The van der Waals surface area contributed by atoms with Crippen molar-refractivity contribution in [1.29, 1.82) is 0 Å². The Kier molecular flexibility index (Phi) is 3.47. The number of rotatable bonds is 4. The number of hydrogen-bond acceptors (Lipinski definition) is 2. The molecule has 0 saturated heterocycles. The first-order valence-corrected chi connectivity index (χ1v) is 7.27. The first-order valence-electron chi connectivity index (χ1n) is 7.27. The Balaban J connectivity index is 1.84. The molecule has 0 bridgehead atoms. The largest absolute Gasteiger partial charge is 0.480 e. The molecule has 1 fully saturated rings. The lowest BCUT2D eigenvalue weighted by Gasteiger charge is -2.30. The minimum atomic E-state index is -0.922. The van der Waals surface area contributed by atoms with Crippen LogP contribution in [-0.4, -0.2) is 34.5 Å². The van der Waals surface area contributed by atoms with E-state index in [1.54, 1.807) is 4.90 Å². The van der Waals surface area contributed by atoms with Gasteiger partial charge in [0.25, 0.3) is 0 Å². The summed E-state index contributed by atoms with van der Waals surface area (Å²) in [5.41, 5.74) is 2.34. The normalized spacial score (nSPS) is 21.1. The van der Waals surface area contributed by atoms with Crippen molar-refractivity contribution in [2.45, 2.75) is 44.1 Å². The molecule has 0 heterocycles. The van der Waals surface area contributed by atoms with E-state index in [0.29, 0.717) is 0 Å². The van der Waals surface area contributed by atoms with Gasteiger partial charge in [-0.15, -0.1) is 0 Å². The fourth-order valence-corrected chi connectivity index (χ4v) is 3.13. The molecule has 2 aliphatic rings. The monoisotopic (exact) mass is 273 g/mol. The molecule has 4 heteroatoms. The molecule has 0 aliphatic heterocycles. The molecule has 3 rings (SSSR count). The standard InChI is InChI=1S/C16H19NO3/c18-15(19)10-17(12-8-9-12)16(20)14-7-3-5-11-4-1-2-6-13(11)14/h1-2,4,6,12,14H,3,5,7-10H2,(H,18,19). The van der Waals surface area contributed by atoms with Crippen molar-refractivity contribution in [1.82, 2.24) is 4.90 Å². The number of hydrogen-bond donors (Lipinski definition) is 1. The van der Waals surface area contributed by atoms with Crippen LogP contribution >= 0.6 is 0 Å². The highest BCUT2D eigenvalue weighted by atomic mass is 16.4. The Morgan fingerprint density at radius 1 is 1.20 bits per heavy atom. The summed E-state index contributed by atoms with van der Waals surface area (Å²) >= 11 is 0. The second-order valence-corrected chi connectivity index (χ2v) is 5.73. The summed E-state index contributed by atoms with van der Waals surface area (Å²) in [7, 11) is 0. The van der Waals surface area contributed by atoms with E-state index in [0.717, 1.165) is 37.7 Å². The number of benzene rings is 1. The average molecular weight is 273 g/mol. The summed E-state index contributed by atoms with van der Waals surface area (Å²) in [6.07, 6.45) is 4.72. The zero-order valence-corrected chi connectivity index (χ0v) is 11.4. The molecular weight excluding hydrogens is 254 g/mol. The maximum atomic E-state index is 12.7. The van der Waals surface area contributed by atoms with Crippen molar-refractivity contribution >= 4 is 11.9 Å². The maximum absolute atomic E-state index is 12.7. The van der Waals surface area contributed by atoms with Gasteiger partial charge in [0.2, 0.25) is 5.91 Å². The van der Waals surface area contributed by atoms with E-state index in [9.17, 15) is 9.59 Å². The van der Waals surface area contributed by atoms with Crippen LogP contribution in [0.5, 0.6) is 0 Å². The van der Waals surface area contributed by atoms with Crippen LogP contribution in [0.15, 0.2) is 24.3 Å². The summed E-state index contributed by atoms with van der Waals surface area (Å²) in [4.78, 5) is 25.3. The lowest BCUT2D eigenvalue weighted by Crippen LogP contribution is -2.41. The number of carbonyl (C=O) groups is 2. The van der Waals surface area contributed by atoms with Gasteiger partial charge in [-0.1, -0.05) is 24.3 Å². The van der Waals surface area contributed by atoms with Gasteiger partial charge in [-0.3, -0.25) is 9.59 Å². The minimum absolute atomic E-state index is 0.00190. The summed E-state index contributed by atoms with van der Waals surface area (Å²) in [6.45, 7) is -0.165. The predicted octanol–water partition coefficient (Wildman–Crippen LogP) is 2.18. The number of aryl methyl sites for hydroxylation is 1. The van der Waals surface area contributed by atoms with E-state index in [1.807, 2.05) is 18.2 Å². The van der Waals surface area contributed by atoms with Gasteiger partial charge in [-0.2, -0.15) is 0 Å². The van der Waals surface area contributed by atoms with E-state index in [-0.39, 0.29) is 24.4 Å². The van der Waals surface area contributed by atoms with Gasteiger partial charge in [0.15, 0.2) is 0 Å². The number of aliphatic carboxylic acids is 1. The molecule has 1 aromatic rings. The third kappa shape index (κ3) is 2.55. The highest BCUT2D eigenvalue weighted by Crippen LogP contribution is 2.36. The smallest absolute Gasteiger partial charge is 0.323 e. The van der Waals surface area contributed by atoms with E-state index >= 15 is 0 Å². The molecule has 1 atom stereocenters. The molecule has 4 nitrogen and oxygen atoms in total. The molecule has 0 radical (unpaired) electrons. The van der Waals surface area contributed by atoms with Crippen molar-refractivity contribution in [3.05, 3.63) is 35.4 Å². The first-order chi connectivity index (χ1) is 9.66. The van der Waals surface area contributed by atoms with Gasteiger partial charge >= 0.3 is 5.97 Å². The molecule has 1 saturated carbocycles. The second kappa shape index (κ2) is 5.27. The molecule has 0 aromatic heterocycles. The van der Waals surface area contributed by atoms with Crippen LogP contribution in [0.4, 0.5) is 0 Å². The van der Waals surface area contributed by atoms with Crippen LogP contribution in [0.25, 0.3) is 0 Å². The van der Waals surface area contributed by atoms with Crippen LogP contribution < -0.4 is 0 Å². The Bertz CT molecular complexity index is 536. The lowest BCUT2D eigenvalue weighted by atomic mass is 9.82. The number of fused-ring (bicyclic) bond motifs is 1. The van der Waals surface area contributed by atoms with Gasteiger partial charge in [0.05, 0.1) is 5.92 Å². The highest BCUT2D eigenvalue weighted by molar-refractivity contribution is 5.87. The van der Waals surface area contributed by atoms with E-state index < -0.39 is 5.97 Å². The lowest BCUT2D eigenvalue weighted by molar-refractivity contribution is -0.145. The van der Waals surface area contributed by atoms with Crippen molar-refractivity contribution in [3.63, 3.8) is 0 Å². The number of nitrogens with zero attached hydrogens (tertiary/aromatic N) is 1. The summed E-state index contributed by atoms with van der Waals surface area (Å²) < 4.78 is 0. The minimum Gasteiger partial charge on any atom is -0.480 e. The van der Waals surface area contributed by atoms with Crippen molar-refractivity contribution in [3.8, 4) is 0 Å². The van der Waals surface area contributed by atoms with Gasteiger partial charge in [-0.05, 0) is 43.2 Å². The van der Waals surface area contributed by atoms with E-state index in [2.05, 4.69) is 6.07 Å². The Labute approximate surface area is 118 Å². The molecule has 1 amide bonds. The quantitative estimate of drug-likeness (QED) is 0.914. The van der Waals surface area contributed by atoms with Gasteiger partial charge in [0, 0.05) is 6.04 Å². The fourth-order valence-electron chi connectivity index (χ4n) is 3.13. The molecule has 1 N–H and O–H groups in total. The zero-order chi connectivity index (χ0) is 14.1. The van der Waals surface area contributed by atoms with E-state index in [4.69, 9.17) is 5.11 Å². The summed E-state index contributed by atoms with van der Waals surface area (Å²) in [5, 5.41) is 9.01. The summed E-state index contributed by atoms with van der Waals surface area (Å²) in [6, 6.07) is 8.20. The second-order valence-electron chi connectivity index (χ2n) is 5.73. The van der Waals surface area contributed by atoms with Crippen LogP contribution in [0.3, 0.4) is 0 Å². The van der Waals surface area contributed by atoms with Crippen LogP contribution in [-0.2, 0) is 16.0 Å².